The number of hydrogen-bond donors (Lipinski definition) is 0. The molecule has 0 bridgehead atoms. The first-order valence-corrected chi connectivity index (χ1v) is 10.4. The summed E-state index contributed by atoms with van der Waals surface area (Å²) in [5.41, 5.74) is 10.9. The number of benzene rings is 2. The molecule has 28 heavy (non-hydrogen) atoms. The largest absolute Gasteiger partial charge is 0.469 e. The first-order valence-electron chi connectivity index (χ1n) is 10.4. The van der Waals surface area contributed by atoms with E-state index < -0.39 is 0 Å². The molecule has 0 fully saturated rings. The molecule has 0 radical (unpaired) electrons. The molecule has 144 valence electrons. The summed E-state index contributed by atoms with van der Waals surface area (Å²) in [5.74, 6) is 2.33. The van der Waals surface area contributed by atoms with Gasteiger partial charge in [0.05, 0.1) is 6.26 Å². The summed E-state index contributed by atoms with van der Waals surface area (Å²) in [5, 5.41) is 0. The maximum atomic E-state index is 5.58. The Labute approximate surface area is 169 Å². The van der Waals surface area contributed by atoms with Crippen molar-refractivity contribution in [1.82, 2.24) is 0 Å². The molecule has 1 nitrogen and oxygen atoms in total. The van der Waals surface area contributed by atoms with Gasteiger partial charge in [0.15, 0.2) is 0 Å². The van der Waals surface area contributed by atoms with Crippen molar-refractivity contribution in [3.8, 4) is 11.1 Å². The molecule has 1 aliphatic rings. The van der Waals surface area contributed by atoms with Gasteiger partial charge in [-0.2, -0.15) is 0 Å². The number of aryl methyl sites for hydroxylation is 2. The van der Waals surface area contributed by atoms with Gasteiger partial charge in [-0.05, 0) is 70.7 Å². The maximum Gasteiger partial charge on any atom is 0.104 e. The summed E-state index contributed by atoms with van der Waals surface area (Å²) < 4.78 is 5.58. The van der Waals surface area contributed by atoms with E-state index in [-0.39, 0.29) is 5.92 Å². The van der Waals surface area contributed by atoms with Gasteiger partial charge in [0, 0.05) is 11.5 Å². The van der Waals surface area contributed by atoms with Crippen LogP contribution in [-0.4, -0.2) is 0 Å². The van der Waals surface area contributed by atoms with Crippen LogP contribution in [0.15, 0.2) is 53.2 Å². The van der Waals surface area contributed by atoms with Gasteiger partial charge in [-0.25, -0.2) is 0 Å². The van der Waals surface area contributed by atoms with Gasteiger partial charge >= 0.3 is 0 Å². The Morgan fingerprint density at radius 1 is 0.821 bits per heavy atom. The molecule has 2 aromatic carbocycles. The van der Waals surface area contributed by atoms with E-state index in [2.05, 4.69) is 90.1 Å². The third kappa shape index (κ3) is 3.13. The molecule has 0 amide bonds. The summed E-state index contributed by atoms with van der Waals surface area (Å²) in [4.78, 5) is 0. The molecule has 1 aromatic heterocycles. The van der Waals surface area contributed by atoms with Crippen molar-refractivity contribution in [1.29, 1.82) is 0 Å². The Hall–Kier alpha value is -2.54. The second kappa shape index (κ2) is 7.13. The van der Waals surface area contributed by atoms with Crippen LogP contribution in [0.5, 0.6) is 0 Å². The van der Waals surface area contributed by atoms with Gasteiger partial charge in [-0.1, -0.05) is 70.2 Å². The third-order valence-electron chi connectivity index (χ3n) is 6.11. The van der Waals surface area contributed by atoms with Crippen molar-refractivity contribution in [2.45, 2.75) is 59.3 Å². The molecule has 3 aromatic rings. The maximum absolute atomic E-state index is 5.58. The predicted molar refractivity (Wildman–Crippen MR) is 119 cm³/mol. The van der Waals surface area contributed by atoms with Crippen LogP contribution in [-0.2, 0) is 0 Å². The van der Waals surface area contributed by atoms with Crippen LogP contribution in [0.4, 0.5) is 0 Å². The summed E-state index contributed by atoms with van der Waals surface area (Å²) in [6.45, 7) is 13.4. The lowest BCUT2D eigenvalue weighted by Gasteiger charge is -2.19. The van der Waals surface area contributed by atoms with E-state index in [9.17, 15) is 0 Å². The van der Waals surface area contributed by atoms with E-state index in [4.69, 9.17) is 4.42 Å². The molecule has 0 saturated carbocycles. The van der Waals surface area contributed by atoms with E-state index in [0.29, 0.717) is 11.8 Å². The van der Waals surface area contributed by atoms with E-state index >= 15 is 0 Å². The summed E-state index contributed by atoms with van der Waals surface area (Å²) in [7, 11) is 0. The highest BCUT2D eigenvalue weighted by Gasteiger charge is 2.25. The molecule has 1 heteroatoms. The summed E-state index contributed by atoms with van der Waals surface area (Å²) >= 11 is 0. The molecule has 0 N–H and O–H groups in total. The standard InChI is InChI=1S/C27H30O/c1-16(2)20-13-21(17(3)4)15-22(14-20)27-18(5)7-8-25-24(9-10-26(25)27)23-11-12-28-19(23)6/h7-17,24H,1-6H3. The van der Waals surface area contributed by atoms with Crippen molar-refractivity contribution in [3.63, 3.8) is 0 Å². The third-order valence-corrected chi connectivity index (χ3v) is 6.11. The number of furan rings is 1. The monoisotopic (exact) mass is 370 g/mol. The van der Waals surface area contributed by atoms with Crippen LogP contribution in [0.3, 0.4) is 0 Å². The van der Waals surface area contributed by atoms with Gasteiger partial charge in [-0.15, -0.1) is 0 Å². The lowest BCUT2D eigenvalue weighted by atomic mass is 9.85. The molecule has 0 saturated heterocycles. The van der Waals surface area contributed by atoms with Crippen molar-refractivity contribution in [2.75, 3.05) is 0 Å². The minimum Gasteiger partial charge on any atom is -0.469 e. The highest BCUT2D eigenvalue weighted by molar-refractivity contribution is 5.84. The van der Waals surface area contributed by atoms with E-state index in [1.165, 1.54) is 44.5 Å². The van der Waals surface area contributed by atoms with E-state index in [0.717, 1.165) is 5.76 Å². The average Bonchev–Trinajstić information content (AvgIpc) is 3.26. The Morgan fingerprint density at radius 3 is 2.07 bits per heavy atom. The van der Waals surface area contributed by atoms with Crippen LogP contribution in [0.1, 0.15) is 84.6 Å². The van der Waals surface area contributed by atoms with E-state index in [1.807, 2.05) is 0 Å². The number of fused-ring (bicyclic) bond motifs is 1. The Kier molecular flexibility index (Phi) is 4.79. The lowest BCUT2D eigenvalue weighted by molar-refractivity contribution is 0.529. The smallest absolute Gasteiger partial charge is 0.104 e. The predicted octanol–water partition coefficient (Wildman–Crippen LogP) is 7.97. The fourth-order valence-corrected chi connectivity index (χ4v) is 4.35. The van der Waals surface area contributed by atoms with Crippen molar-refractivity contribution in [3.05, 3.63) is 87.9 Å². The normalized spacial score (nSPS) is 15.6. The zero-order chi connectivity index (χ0) is 20.0. The van der Waals surface area contributed by atoms with Gasteiger partial charge in [0.2, 0.25) is 0 Å². The van der Waals surface area contributed by atoms with Crippen molar-refractivity contribution < 1.29 is 4.42 Å². The minimum absolute atomic E-state index is 0.283. The SMILES string of the molecule is Cc1ccc2c(c1-c1cc(C(C)C)cc(C(C)C)c1)C=CC2c1ccoc1C. The molecule has 1 aliphatic carbocycles. The molecule has 1 unspecified atom stereocenters. The molecule has 1 heterocycles. The minimum atomic E-state index is 0.283. The van der Waals surface area contributed by atoms with E-state index in [1.54, 1.807) is 6.26 Å². The number of allylic oxidation sites excluding steroid dienone is 1. The second-order valence-electron chi connectivity index (χ2n) is 8.73. The zero-order valence-corrected chi connectivity index (χ0v) is 17.8. The molecular formula is C27H30O. The van der Waals surface area contributed by atoms with Gasteiger partial charge in [0.1, 0.15) is 5.76 Å². The van der Waals surface area contributed by atoms with Crippen LogP contribution in [0.25, 0.3) is 17.2 Å². The molecular weight excluding hydrogens is 340 g/mol. The molecule has 0 aliphatic heterocycles. The average molecular weight is 371 g/mol. The van der Waals surface area contributed by atoms with Crippen LogP contribution < -0.4 is 0 Å². The highest BCUT2D eigenvalue weighted by Crippen LogP contribution is 2.43. The second-order valence-corrected chi connectivity index (χ2v) is 8.73. The van der Waals surface area contributed by atoms with Crippen LogP contribution in [0.2, 0.25) is 0 Å². The van der Waals surface area contributed by atoms with Crippen LogP contribution in [0, 0.1) is 13.8 Å². The molecule has 0 spiro atoms. The Balaban J connectivity index is 1.90. The Bertz CT molecular complexity index is 1020. The number of hydrogen-bond acceptors (Lipinski definition) is 1. The van der Waals surface area contributed by atoms with Gasteiger partial charge in [-0.3, -0.25) is 0 Å². The Morgan fingerprint density at radius 2 is 1.50 bits per heavy atom. The quantitative estimate of drug-likeness (QED) is 0.454. The van der Waals surface area contributed by atoms with Gasteiger partial charge < -0.3 is 4.42 Å². The lowest BCUT2D eigenvalue weighted by Crippen LogP contribution is -2.00. The van der Waals surface area contributed by atoms with Crippen molar-refractivity contribution >= 4 is 6.08 Å². The van der Waals surface area contributed by atoms with Crippen molar-refractivity contribution in [2.24, 2.45) is 0 Å². The topological polar surface area (TPSA) is 13.1 Å². The summed E-state index contributed by atoms with van der Waals surface area (Å²) in [6.07, 6.45) is 6.43. The first kappa shape index (κ1) is 18.8. The zero-order valence-electron chi connectivity index (χ0n) is 17.8. The first-order chi connectivity index (χ1) is 13.4. The highest BCUT2D eigenvalue weighted by atomic mass is 16.3. The molecule has 4 rings (SSSR count). The fraction of sp³-hybridized carbons (Fsp3) is 0.333. The summed E-state index contributed by atoms with van der Waals surface area (Å²) in [6, 6.07) is 13.8. The van der Waals surface area contributed by atoms with Crippen LogP contribution >= 0.6 is 0 Å². The van der Waals surface area contributed by atoms with Gasteiger partial charge in [0.25, 0.3) is 0 Å². The molecule has 1 atom stereocenters. The fourth-order valence-electron chi connectivity index (χ4n) is 4.35. The number of rotatable bonds is 4.